The normalized spacial score (nSPS) is 11.2. The Morgan fingerprint density at radius 2 is 1.94 bits per heavy atom. The van der Waals surface area contributed by atoms with Crippen LogP contribution in [0.2, 0.25) is 0 Å². The Labute approximate surface area is 98.5 Å². The van der Waals surface area contributed by atoms with Gasteiger partial charge in [-0.3, -0.25) is 5.32 Å². The Hall–Kier alpha value is -1.86. The van der Waals surface area contributed by atoms with Gasteiger partial charge in [-0.25, -0.2) is 13.6 Å². The molecule has 0 aliphatic rings. The Kier molecular flexibility index (Phi) is 4.10. The van der Waals surface area contributed by atoms with E-state index in [9.17, 15) is 26.7 Å². The van der Waals surface area contributed by atoms with Crippen molar-refractivity contribution in [3.63, 3.8) is 0 Å². The molecular formula is C10H8F5NO2. The first-order valence-electron chi connectivity index (χ1n) is 4.66. The zero-order valence-electron chi connectivity index (χ0n) is 9.07. The number of carbonyl (C=O) groups is 1. The van der Waals surface area contributed by atoms with Crippen molar-refractivity contribution in [2.45, 2.75) is 13.1 Å². The molecule has 0 radical (unpaired) electrons. The highest BCUT2D eigenvalue weighted by atomic mass is 19.4. The van der Waals surface area contributed by atoms with Crippen LogP contribution in [-0.2, 0) is 4.74 Å². The number of anilines is 1. The summed E-state index contributed by atoms with van der Waals surface area (Å²) in [4.78, 5) is 10.9. The molecule has 3 nitrogen and oxygen atoms in total. The summed E-state index contributed by atoms with van der Waals surface area (Å²) >= 11 is 0. The van der Waals surface area contributed by atoms with Crippen molar-refractivity contribution >= 4 is 11.8 Å². The van der Waals surface area contributed by atoms with Crippen LogP contribution in [0.15, 0.2) is 12.1 Å². The van der Waals surface area contributed by atoms with Gasteiger partial charge < -0.3 is 4.74 Å². The van der Waals surface area contributed by atoms with Crippen LogP contribution in [0.1, 0.15) is 5.56 Å². The molecular weight excluding hydrogens is 261 g/mol. The fourth-order valence-electron chi connectivity index (χ4n) is 1.06. The van der Waals surface area contributed by atoms with Crippen LogP contribution in [0.4, 0.5) is 32.4 Å². The van der Waals surface area contributed by atoms with Gasteiger partial charge in [-0.05, 0) is 18.6 Å². The van der Waals surface area contributed by atoms with Crippen LogP contribution in [-0.4, -0.2) is 18.9 Å². The number of hydrogen-bond donors (Lipinski definition) is 1. The number of nitrogens with one attached hydrogen (secondary N) is 1. The van der Waals surface area contributed by atoms with Gasteiger partial charge in [0.1, 0.15) is 11.5 Å². The summed E-state index contributed by atoms with van der Waals surface area (Å²) in [5, 5.41) is 1.58. The van der Waals surface area contributed by atoms with Crippen LogP contribution >= 0.6 is 0 Å². The molecule has 0 saturated heterocycles. The van der Waals surface area contributed by atoms with Gasteiger partial charge in [0.2, 0.25) is 0 Å². The van der Waals surface area contributed by atoms with E-state index in [2.05, 4.69) is 4.74 Å². The van der Waals surface area contributed by atoms with E-state index in [-0.39, 0.29) is 5.56 Å². The Balaban J connectivity index is 2.74. The summed E-state index contributed by atoms with van der Waals surface area (Å²) in [7, 11) is 0. The van der Waals surface area contributed by atoms with Crippen molar-refractivity contribution in [3.05, 3.63) is 29.3 Å². The maximum Gasteiger partial charge on any atom is 0.422 e. The molecule has 0 aliphatic heterocycles. The fourth-order valence-corrected chi connectivity index (χ4v) is 1.06. The van der Waals surface area contributed by atoms with Crippen LogP contribution in [0, 0.1) is 18.6 Å². The molecule has 0 heterocycles. The molecule has 0 bridgehead atoms. The molecule has 0 aliphatic carbocycles. The van der Waals surface area contributed by atoms with Crippen LogP contribution in [0.25, 0.3) is 0 Å². The first kappa shape index (κ1) is 14.2. The van der Waals surface area contributed by atoms with E-state index in [1.165, 1.54) is 6.92 Å². The minimum absolute atomic E-state index is 0.0301. The summed E-state index contributed by atoms with van der Waals surface area (Å²) in [6.45, 7) is -0.533. The second-order valence-corrected chi connectivity index (χ2v) is 3.37. The van der Waals surface area contributed by atoms with Gasteiger partial charge in [-0.15, -0.1) is 0 Å². The molecule has 0 spiro atoms. The topological polar surface area (TPSA) is 38.3 Å². The molecule has 100 valence electrons. The Bertz CT molecular complexity index is 458. The number of amides is 1. The van der Waals surface area contributed by atoms with Gasteiger partial charge in [0.05, 0.1) is 0 Å². The summed E-state index contributed by atoms with van der Waals surface area (Å²) in [5.41, 5.74) is -0.815. The summed E-state index contributed by atoms with van der Waals surface area (Å²) in [6.07, 6.45) is -6.29. The molecule has 1 aromatic rings. The minimum atomic E-state index is -4.71. The Morgan fingerprint density at radius 1 is 1.33 bits per heavy atom. The lowest BCUT2D eigenvalue weighted by Gasteiger charge is -2.11. The number of carbonyl (C=O) groups excluding carboxylic acids is 1. The first-order valence-corrected chi connectivity index (χ1v) is 4.66. The maximum atomic E-state index is 13.4. The standard InChI is InChI=1S/C10H8F5NO2/c1-5-2-3-6(11)8(7(5)12)16-9(17)18-4-10(13,14)15/h2-3H,4H2,1H3,(H,16,17). The van der Waals surface area contributed by atoms with Crippen LogP contribution < -0.4 is 5.32 Å². The zero-order chi connectivity index (χ0) is 13.9. The lowest BCUT2D eigenvalue weighted by Crippen LogP contribution is -2.24. The number of hydrogen-bond acceptors (Lipinski definition) is 2. The highest BCUT2D eigenvalue weighted by Gasteiger charge is 2.30. The number of rotatable bonds is 2. The third kappa shape index (κ3) is 3.86. The van der Waals surface area contributed by atoms with Crippen molar-refractivity contribution in [1.29, 1.82) is 0 Å². The predicted octanol–water partition coefficient (Wildman–Crippen LogP) is 3.38. The quantitative estimate of drug-likeness (QED) is 0.836. The number of halogens is 5. The second-order valence-electron chi connectivity index (χ2n) is 3.37. The molecule has 1 amide bonds. The van der Waals surface area contributed by atoms with Crippen molar-refractivity contribution in [2.24, 2.45) is 0 Å². The lowest BCUT2D eigenvalue weighted by atomic mass is 10.2. The number of alkyl halides is 3. The van der Waals surface area contributed by atoms with Gasteiger partial charge in [0, 0.05) is 0 Å². The van der Waals surface area contributed by atoms with Crippen LogP contribution in [0.3, 0.4) is 0 Å². The summed E-state index contributed by atoms with van der Waals surface area (Å²) in [5.74, 6) is -2.18. The predicted molar refractivity (Wildman–Crippen MR) is 52.1 cm³/mol. The van der Waals surface area contributed by atoms with Gasteiger partial charge in [-0.2, -0.15) is 13.2 Å². The molecule has 0 unspecified atom stereocenters. The van der Waals surface area contributed by atoms with Gasteiger partial charge in [0.15, 0.2) is 12.4 Å². The number of benzene rings is 1. The van der Waals surface area contributed by atoms with Gasteiger partial charge in [-0.1, -0.05) is 6.07 Å². The summed E-state index contributed by atoms with van der Waals surface area (Å²) in [6, 6.07) is 1.99. The molecule has 0 fully saturated rings. The molecule has 18 heavy (non-hydrogen) atoms. The van der Waals surface area contributed by atoms with Crippen molar-refractivity contribution in [1.82, 2.24) is 0 Å². The van der Waals surface area contributed by atoms with E-state index in [0.29, 0.717) is 0 Å². The first-order chi connectivity index (χ1) is 8.20. The number of ether oxygens (including phenoxy) is 1. The second kappa shape index (κ2) is 5.19. The lowest BCUT2D eigenvalue weighted by molar-refractivity contribution is -0.159. The van der Waals surface area contributed by atoms with Gasteiger partial charge >= 0.3 is 12.3 Å². The SMILES string of the molecule is Cc1ccc(F)c(NC(=O)OCC(F)(F)F)c1F. The largest absolute Gasteiger partial charge is 0.440 e. The van der Waals surface area contributed by atoms with Crippen LogP contribution in [0.5, 0.6) is 0 Å². The fraction of sp³-hybridized carbons (Fsp3) is 0.300. The van der Waals surface area contributed by atoms with E-state index in [4.69, 9.17) is 0 Å². The van der Waals surface area contributed by atoms with E-state index in [1.54, 1.807) is 5.32 Å². The van der Waals surface area contributed by atoms with E-state index in [0.717, 1.165) is 12.1 Å². The van der Waals surface area contributed by atoms with Crippen molar-refractivity contribution in [2.75, 3.05) is 11.9 Å². The smallest absolute Gasteiger partial charge is 0.422 e. The molecule has 0 atom stereocenters. The number of aryl methyl sites for hydroxylation is 1. The highest BCUT2D eigenvalue weighted by molar-refractivity contribution is 5.85. The molecule has 0 saturated carbocycles. The molecule has 1 rings (SSSR count). The molecule has 0 aromatic heterocycles. The average Bonchev–Trinajstić information content (AvgIpc) is 2.26. The third-order valence-electron chi connectivity index (χ3n) is 1.88. The van der Waals surface area contributed by atoms with Crippen molar-refractivity contribution in [3.8, 4) is 0 Å². The zero-order valence-corrected chi connectivity index (χ0v) is 9.07. The maximum absolute atomic E-state index is 13.4. The van der Waals surface area contributed by atoms with Crippen molar-refractivity contribution < 1.29 is 31.5 Å². The molecule has 8 heteroatoms. The average molecular weight is 269 g/mol. The summed E-state index contributed by atoms with van der Waals surface area (Å²) < 4.78 is 65.4. The third-order valence-corrected chi connectivity index (χ3v) is 1.88. The highest BCUT2D eigenvalue weighted by Crippen LogP contribution is 2.22. The van der Waals surface area contributed by atoms with E-state index < -0.39 is 36.2 Å². The molecule has 1 aromatic carbocycles. The van der Waals surface area contributed by atoms with Gasteiger partial charge in [0.25, 0.3) is 0 Å². The Morgan fingerprint density at radius 3 is 2.50 bits per heavy atom. The monoisotopic (exact) mass is 269 g/mol. The van der Waals surface area contributed by atoms with E-state index in [1.807, 2.05) is 0 Å². The minimum Gasteiger partial charge on any atom is -0.440 e. The molecule has 1 N–H and O–H groups in total. The van der Waals surface area contributed by atoms with E-state index >= 15 is 0 Å².